The van der Waals surface area contributed by atoms with Crippen LogP contribution in [-0.4, -0.2) is 70.5 Å². The summed E-state index contributed by atoms with van der Waals surface area (Å²) < 4.78 is 39.3. The van der Waals surface area contributed by atoms with E-state index in [0.29, 0.717) is 13.2 Å². The van der Waals surface area contributed by atoms with Gasteiger partial charge in [0.15, 0.2) is 5.82 Å². The molecule has 1 spiro atoms. The van der Waals surface area contributed by atoms with Crippen LogP contribution in [0.3, 0.4) is 0 Å². The van der Waals surface area contributed by atoms with Crippen LogP contribution in [-0.2, 0) is 19.9 Å². The highest BCUT2D eigenvalue weighted by Crippen LogP contribution is 2.48. The molecule has 11 heteroatoms. The van der Waals surface area contributed by atoms with Crippen LogP contribution in [0.5, 0.6) is 0 Å². The topological polar surface area (TPSA) is 87.9 Å². The minimum absolute atomic E-state index is 0.0928. The van der Waals surface area contributed by atoms with Crippen LogP contribution in [0.25, 0.3) is 5.82 Å². The van der Waals surface area contributed by atoms with E-state index in [4.69, 9.17) is 14.6 Å². The van der Waals surface area contributed by atoms with Gasteiger partial charge in [0.1, 0.15) is 12.1 Å². The molecule has 34 heavy (non-hydrogen) atoms. The fourth-order valence-electron chi connectivity index (χ4n) is 4.65. The number of halogens is 3. The molecule has 3 aliphatic rings. The number of amides is 1. The van der Waals surface area contributed by atoms with Crippen molar-refractivity contribution < 1.29 is 32.6 Å². The molecule has 4 heterocycles. The van der Waals surface area contributed by atoms with Gasteiger partial charge in [0, 0.05) is 38.6 Å². The Kier molecular flexibility index (Phi) is 6.57. The molecule has 2 aromatic heterocycles. The average molecular weight is 480 g/mol. The van der Waals surface area contributed by atoms with Crippen LogP contribution in [0, 0.1) is 5.92 Å². The maximum absolute atomic E-state index is 12.6. The Balaban J connectivity index is 0.000000344. The Morgan fingerprint density at radius 3 is 2.65 bits per heavy atom. The summed E-state index contributed by atoms with van der Waals surface area (Å²) in [6.45, 7) is 5.19. The smallest absolute Gasteiger partial charge is 0.475 e. The maximum Gasteiger partial charge on any atom is 0.490 e. The summed E-state index contributed by atoms with van der Waals surface area (Å²) in [6, 6.07) is 8.50. The van der Waals surface area contributed by atoms with Crippen molar-refractivity contribution in [2.24, 2.45) is 5.92 Å². The summed E-state index contributed by atoms with van der Waals surface area (Å²) in [4.78, 5) is 30.7. The highest BCUT2D eigenvalue weighted by Gasteiger charge is 2.51. The van der Waals surface area contributed by atoms with Crippen LogP contribution < -0.4 is 4.90 Å². The molecule has 5 rings (SSSR count). The third-order valence-electron chi connectivity index (χ3n) is 6.44. The van der Waals surface area contributed by atoms with Gasteiger partial charge < -0.3 is 24.2 Å². The Morgan fingerprint density at radius 2 is 2.00 bits per heavy atom. The number of rotatable bonds is 5. The second kappa shape index (κ2) is 9.28. The maximum atomic E-state index is 12.6. The van der Waals surface area contributed by atoms with Crippen molar-refractivity contribution in [1.29, 1.82) is 0 Å². The molecule has 2 fully saturated rings. The largest absolute Gasteiger partial charge is 0.490 e. The van der Waals surface area contributed by atoms with Crippen LogP contribution in [0.2, 0.25) is 0 Å². The number of anilines is 1. The second-order valence-corrected chi connectivity index (χ2v) is 8.70. The molecule has 2 aromatic rings. The summed E-state index contributed by atoms with van der Waals surface area (Å²) in [5, 5.41) is 7.12. The van der Waals surface area contributed by atoms with Crippen molar-refractivity contribution in [3.05, 3.63) is 42.4 Å². The van der Waals surface area contributed by atoms with E-state index in [-0.39, 0.29) is 18.1 Å². The van der Waals surface area contributed by atoms with Gasteiger partial charge in [-0.1, -0.05) is 0 Å². The molecule has 8 nitrogen and oxygen atoms in total. The van der Waals surface area contributed by atoms with Gasteiger partial charge in [-0.15, -0.1) is 0 Å². The van der Waals surface area contributed by atoms with Crippen LogP contribution >= 0.6 is 0 Å². The summed E-state index contributed by atoms with van der Waals surface area (Å²) >= 11 is 0. The summed E-state index contributed by atoms with van der Waals surface area (Å²) in [7, 11) is 0. The second-order valence-electron chi connectivity index (χ2n) is 8.70. The van der Waals surface area contributed by atoms with Gasteiger partial charge >= 0.3 is 12.1 Å². The number of hydrogen-bond donors (Lipinski definition) is 1. The van der Waals surface area contributed by atoms with Gasteiger partial charge in [-0.2, -0.15) is 13.2 Å². The van der Waals surface area contributed by atoms with Crippen molar-refractivity contribution in [1.82, 2.24) is 14.5 Å². The van der Waals surface area contributed by atoms with E-state index in [0.717, 1.165) is 31.2 Å². The van der Waals surface area contributed by atoms with Crippen molar-refractivity contribution in [3.63, 3.8) is 0 Å². The summed E-state index contributed by atoms with van der Waals surface area (Å²) in [6.07, 6.45) is 2.42. The number of ether oxygens (including phenoxy) is 1. The number of aliphatic carboxylic acids is 1. The van der Waals surface area contributed by atoms with E-state index in [1.807, 2.05) is 24.1 Å². The minimum Gasteiger partial charge on any atom is -0.475 e. The number of carbonyl (C=O) groups is 2. The van der Waals surface area contributed by atoms with Gasteiger partial charge in [-0.05, 0) is 56.4 Å². The van der Waals surface area contributed by atoms with E-state index in [9.17, 15) is 18.0 Å². The fraction of sp³-hybridized carbons (Fsp3) is 0.522. The highest BCUT2D eigenvalue weighted by atomic mass is 19.4. The van der Waals surface area contributed by atoms with Gasteiger partial charge in [0.05, 0.1) is 11.4 Å². The summed E-state index contributed by atoms with van der Waals surface area (Å²) in [5.74, 6) is -0.907. The number of likely N-dealkylation sites (tertiary alicyclic amines) is 1. The third-order valence-corrected chi connectivity index (χ3v) is 6.44. The fourth-order valence-corrected chi connectivity index (χ4v) is 4.65. The lowest BCUT2D eigenvalue weighted by Crippen LogP contribution is -2.53. The normalized spacial score (nSPS) is 21.1. The zero-order valence-electron chi connectivity index (χ0n) is 18.8. The van der Waals surface area contributed by atoms with Gasteiger partial charge in [-0.25, -0.2) is 9.78 Å². The number of alkyl halides is 3. The van der Waals surface area contributed by atoms with Gasteiger partial charge in [-0.3, -0.25) is 4.79 Å². The number of carboxylic acid groups (broad SMARTS) is 1. The first-order chi connectivity index (χ1) is 16.2. The predicted molar refractivity (Wildman–Crippen MR) is 117 cm³/mol. The van der Waals surface area contributed by atoms with E-state index >= 15 is 0 Å². The Morgan fingerprint density at radius 1 is 1.26 bits per heavy atom. The van der Waals surface area contributed by atoms with Gasteiger partial charge in [0.25, 0.3) is 0 Å². The SMILES string of the molecule is CCOCC(=O)N1CCC2(C1)c1cccn1-c1ncccc1N2CC1CC1.O=C(O)C(F)(F)F. The molecule has 1 atom stereocenters. The van der Waals surface area contributed by atoms with Crippen molar-refractivity contribution in [2.75, 3.05) is 37.7 Å². The standard InChI is InChI=1S/C21H26N4O2.C2HF3O2/c1-2-27-14-19(26)23-12-9-21(15-23)18-6-4-11-24(18)20-17(5-3-10-22-20)25(21)13-16-7-8-16;3-2(4,5)1(6)7/h3-6,10-11,16H,2,7-9,12-15H2,1H3;(H,6,7). The number of hydrogen-bond acceptors (Lipinski definition) is 5. The first-order valence-corrected chi connectivity index (χ1v) is 11.2. The number of nitrogens with zero attached hydrogens (tertiary/aromatic N) is 4. The highest BCUT2D eigenvalue weighted by molar-refractivity contribution is 5.78. The van der Waals surface area contributed by atoms with Crippen molar-refractivity contribution in [2.45, 2.75) is 37.9 Å². The predicted octanol–water partition coefficient (Wildman–Crippen LogP) is 3.20. The average Bonchev–Trinajstić information content (AvgIpc) is 3.30. The van der Waals surface area contributed by atoms with Crippen LogP contribution in [0.4, 0.5) is 18.9 Å². The summed E-state index contributed by atoms with van der Waals surface area (Å²) in [5.41, 5.74) is 2.26. The molecule has 1 N–H and O–H groups in total. The number of carbonyl (C=O) groups excluding carboxylic acids is 1. The Labute approximate surface area is 194 Å². The molecule has 0 aromatic carbocycles. The van der Waals surface area contributed by atoms with Crippen LogP contribution in [0.1, 0.15) is 31.9 Å². The first-order valence-electron chi connectivity index (χ1n) is 11.2. The Bertz CT molecular complexity index is 1050. The molecule has 1 aliphatic carbocycles. The lowest BCUT2D eigenvalue weighted by atomic mass is 9.88. The molecule has 1 unspecified atom stereocenters. The minimum atomic E-state index is -5.08. The molecule has 2 aliphatic heterocycles. The van der Waals surface area contributed by atoms with E-state index in [1.165, 1.54) is 24.2 Å². The van der Waals surface area contributed by atoms with E-state index in [2.05, 4.69) is 38.8 Å². The molecule has 0 bridgehead atoms. The number of pyridine rings is 1. The molecular formula is C23H27F3N4O4. The molecule has 1 amide bonds. The molecule has 0 radical (unpaired) electrons. The lowest BCUT2D eigenvalue weighted by molar-refractivity contribution is -0.192. The third kappa shape index (κ3) is 4.61. The molecular weight excluding hydrogens is 453 g/mol. The number of aromatic nitrogens is 2. The number of fused-ring (bicyclic) bond motifs is 4. The van der Waals surface area contributed by atoms with Crippen molar-refractivity contribution >= 4 is 17.6 Å². The Hall–Kier alpha value is -3.08. The number of carboxylic acids is 1. The molecule has 1 saturated heterocycles. The lowest BCUT2D eigenvalue weighted by Gasteiger charge is -2.47. The molecule has 184 valence electrons. The zero-order valence-corrected chi connectivity index (χ0v) is 18.8. The monoisotopic (exact) mass is 480 g/mol. The zero-order chi connectivity index (χ0) is 24.5. The van der Waals surface area contributed by atoms with Crippen molar-refractivity contribution in [3.8, 4) is 5.82 Å². The van der Waals surface area contributed by atoms with E-state index < -0.39 is 12.1 Å². The molecule has 1 saturated carbocycles. The van der Waals surface area contributed by atoms with Crippen LogP contribution in [0.15, 0.2) is 36.7 Å². The van der Waals surface area contributed by atoms with Gasteiger partial charge in [0.2, 0.25) is 5.91 Å². The first kappa shape index (κ1) is 24.1. The van der Waals surface area contributed by atoms with E-state index in [1.54, 1.807) is 0 Å². The quantitative estimate of drug-likeness (QED) is 0.707.